The number of nitrogens with zero attached hydrogens (tertiary/aromatic N) is 2. The summed E-state index contributed by atoms with van der Waals surface area (Å²) in [6, 6.07) is 24.6. The second-order valence-electron chi connectivity index (χ2n) is 23.9. The Kier molecular flexibility index (Phi) is 24.4. The highest BCUT2D eigenvalue weighted by Gasteiger charge is 2.39. The van der Waals surface area contributed by atoms with Crippen LogP contribution >= 0.6 is 0 Å². The number of aliphatic carboxylic acids is 1. The summed E-state index contributed by atoms with van der Waals surface area (Å²) in [4.78, 5) is 109. The molecular formula is C65H86N10O10. The topological polar surface area (TPSA) is 283 Å². The molecule has 0 fully saturated rings. The lowest BCUT2D eigenvalue weighted by molar-refractivity contribution is -0.132. The molecule has 0 aromatic heterocycles. The summed E-state index contributed by atoms with van der Waals surface area (Å²) in [6.45, 7) is 20.0. The van der Waals surface area contributed by atoms with Crippen LogP contribution in [0.3, 0.4) is 0 Å². The number of urea groups is 1. The molecule has 0 saturated heterocycles. The van der Waals surface area contributed by atoms with Gasteiger partial charge in [0.25, 0.3) is 0 Å². The number of amides is 8. The second kappa shape index (κ2) is 30.8. The van der Waals surface area contributed by atoms with Crippen molar-refractivity contribution in [3.63, 3.8) is 0 Å². The number of nitrogens with two attached hydrogens (primary N) is 1. The van der Waals surface area contributed by atoms with Gasteiger partial charge in [0.2, 0.25) is 29.5 Å². The van der Waals surface area contributed by atoms with E-state index in [0.717, 1.165) is 16.7 Å². The minimum Gasteiger partial charge on any atom is -0.478 e. The maximum Gasteiger partial charge on any atom is 0.411 e. The fourth-order valence-electron chi connectivity index (χ4n) is 9.93. The molecule has 1 aliphatic heterocycles. The van der Waals surface area contributed by atoms with Gasteiger partial charge in [-0.2, -0.15) is 0 Å². The fraction of sp³-hybridized carbons (Fsp3) is 0.446. The average molecular weight is 1170 g/mol. The van der Waals surface area contributed by atoms with Crippen molar-refractivity contribution >= 4 is 64.7 Å². The standard InChI is InChI=1S/C65H86N10O10/c1-40(2)52(36-42(5)61(81)82)74(12)38-53(64(6,7)8)72-60(80)57(67-11)65(9,10)47-27-31-49(32-28-47)70-63(84)85-39-43-23-29-48(30-24-43)69-58(78)50(21-17-35-68-62(66)83)71-59(79)56(41(3)4)73-54(76)33-34-55(77)75-37-46-20-14-13-18-44(46)25-26-45-19-15-16-22-51(45)75/h13-16,18-20,22-24,27-32,36,40-41,50,52-53,56-57,67H,17,21,33-35,37-39H2,1-12H3,(H,69,78)(H,70,84)(H,71,79)(H,72,80)(H,73,76)(H,81,82)(H3,66,68,83)/b42-36+/t50-,52+,53+,56-,57-/m0/s1. The molecule has 10 N–H and O–H groups in total. The van der Waals surface area contributed by atoms with E-state index in [2.05, 4.69) is 74.7 Å². The maximum atomic E-state index is 14.2. The molecule has 20 nitrogen and oxygen atoms in total. The molecule has 0 radical (unpaired) electrons. The molecule has 4 aromatic rings. The van der Waals surface area contributed by atoms with E-state index in [1.54, 1.807) is 75.2 Å². The third-order valence-corrected chi connectivity index (χ3v) is 15.1. The summed E-state index contributed by atoms with van der Waals surface area (Å²) < 4.78 is 5.52. The molecule has 4 aromatic carbocycles. The van der Waals surface area contributed by atoms with E-state index in [-0.39, 0.29) is 86.2 Å². The zero-order valence-electron chi connectivity index (χ0n) is 51.1. The second-order valence-corrected chi connectivity index (χ2v) is 23.9. The fourth-order valence-corrected chi connectivity index (χ4v) is 9.93. The van der Waals surface area contributed by atoms with Crippen LogP contribution in [0.5, 0.6) is 0 Å². The molecule has 85 heavy (non-hydrogen) atoms. The van der Waals surface area contributed by atoms with Gasteiger partial charge in [-0.15, -0.1) is 0 Å². The lowest BCUT2D eigenvalue weighted by atomic mass is 9.76. The van der Waals surface area contributed by atoms with Crippen molar-refractivity contribution in [2.75, 3.05) is 42.7 Å². The molecule has 0 spiro atoms. The maximum absolute atomic E-state index is 14.2. The number of carbonyl (C=O) groups is 8. The van der Waals surface area contributed by atoms with E-state index in [1.807, 2.05) is 95.4 Å². The zero-order valence-corrected chi connectivity index (χ0v) is 51.1. The SMILES string of the molecule is CN[C@@H](C(=O)N[C@H](CN(C)[C@H](/C=C(\C)C(=O)O)C(C)C)C(C)(C)C)C(C)(C)c1ccc(NC(=O)OCc2ccc(NC(=O)[C@H](CCCNC(N)=O)NC(=O)[C@@H](NC(=O)CCC(=O)N3Cc4ccccc4C#Cc4ccccc43)C(C)C)cc2)cc1. The average Bonchev–Trinajstić information content (AvgIpc) is 2.27. The molecule has 0 aliphatic carbocycles. The number of rotatable bonds is 27. The van der Waals surface area contributed by atoms with Gasteiger partial charge in [-0.05, 0) is 110 Å². The lowest BCUT2D eigenvalue weighted by Crippen LogP contribution is -2.59. The molecular weight excluding hydrogens is 1080 g/mol. The minimum absolute atomic E-state index is 0.0968. The van der Waals surface area contributed by atoms with Crippen molar-refractivity contribution in [3.05, 3.63) is 137 Å². The number of benzene rings is 4. The van der Waals surface area contributed by atoms with Gasteiger partial charge in [-0.25, -0.2) is 14.4 Å². The number of para-hydroxylation sites is 1. The Morgan fingerprint density at radius 1 is 0.753 bits per heavy atom. The highest BCUT2D eigenvalue weighted by atomic mass is 16.5. The van der Waals surface area contributed by atoms with Crippen LogP contribution in [-0.2, 0) is 52.1 Å². The number of fused-ring (bicyclic) bond motifs is 2. The molecule has 1 aliphatic rings. The highest BCUT2D eigenvalue weighted by Crippen LogP contribution is 2.31. The molecule has 20 heteroatoms. The smallest absolute Gasteiger partial charge is 0.411 e. The van der Waals surface area contributed by atoms with Gasteiger partial charge in [-0.3, -0.25) is 34.2 Å². The summed E-state index contributed by atoms with van der Waals surface area (Å²) in [5.74, 6) is 2.89. The van der Waals surface area contributed by atoms with Gasteiger partial charge in [-0.1, -0.05) is 135 Å². The first-order chi connectivity index (χ1) is 40.1. The van der Waals surface area contributed by atoms with Gasteiger partial charge >= 0.3 is 18.1 Å². The monoisotopic (exact) mass is 1170 g/mol. The number of anilines is 3. The van der Waals surface area contributed by atoms with Gasteiger partial charge in [0.05, 0.1) is 18.3 Å². The summed E-state index contributed by atoms with van der Waals surface area (Å²) in [6.07, 6.45) is 1.06. The number of primary amides is 1. The number of likely N-dealkylation sites (N-methyl/N-ethyl adjacent to an activating group) is 2. The molecule has 0 bridgehead atoms. The Bertz CT molecular complexity index is 3100. The summed E-state index contributed by atoms with van der Waals surface area (Å²) >= 11 is 0. The van der Waals surface area contributed by atoms with Crippen molar-refractivity contribution < 1.29 is 48.2 Å². The quantitative estimate of drug-likeness (QED) is 0.0159. The summed E-state index contributed by atoms with van der Waals surface area (Å²) in [5.41, 5.74) is 9.74. The largest absolute Gasteiger partial charge is 0.478 e. The van der Waals surface area contributed by atoms with Gasteiger partial charge in [0.1, 0.15) is 18.7 Å². The van der Waals surface area contributed by atoms with E-state index < -0.39 is 65.3 Å². The third-order valence-electron chi connectivity index (χ3n) is 15.1. The number of nitrogens with one attached hydrogen (secondary N) is 7. The number of hydrogen-bond donors (Lipinski definition) is 9. The van der Waals surface area contributed by atoms with Crippen molar-refractivity contribution in [2.45, 2.75) is 144 Å². The zero-order chi connectivity index (χ0) is 62.8. The number of carboxylic acid groups (broad SMARTS) is 1. The molecule has 1 heterocycles. The van der Waals surface area contributed by atoms with E-state index in [4.69, 9.17) is 10.5 Å². The van der Waals surface area contributed by atoms with E-state index in [0.29, 0.717) is 34.7 Å². The van der Waals surface area contributed by atoms with Crippen LogP contribution in [-0.4, -0.2) is 115 Å². The van der Waals surface area contributed by atoms with Crippen LogP contribution in [0.2, 0.25) is 0 Å². The van der Waals surface area contributed by atoms with Crippen molar-refractivity contribution in [3.8, 4) is 11.8 Å². The van der Waals surface area contributed by atoms with Crippen LogP contribution in [0.4, 0.5) is 26.7 Å². The molecule has 5 rings (SSSR count). The number of ether oxygens (including phenoxy) is 1. The van der Waals surface area contributed by atoms with Crippen molar-refractivity contribution in [1.29, 1.82) is 0 Å². The van der Waals surface area contributed by atoms with E-state index in [9.17, 15) is 43.5 Å². The minimum atomic E-state index is -1.11. The Labute approximate surface area is 500 Å². The summed E-state index contributed by atoms with van der Waals surface area (Å²) in [7, 11) is 3.67. The highest BCUT2D eigenvalue weighted by molar-refractivity contribution is 6.00. The van der Waals surface area contributed by atoms with Gasteiger partial charge < -0.3 is 52.4 Å². The Balaban J connectivity index is 1.15. The lowest BCUT2D eigenvalue weighted by Gasteiger charge is -2.40. The van der Waals surface area contributed by atoms with Crippen LogP contribution in [0, 0.1) is 29.1 Å². The van der Waals surface area contributed by atoms with Crippen LogP contribution < -0.4 is 47.9 Å². The molecule has 0 unspecified atom stereocenters. The Hall–Kier alpha value is -8.54. The van der Waals surface area contributed by atoms with Crippen LogP contribution in [0.25, 0.3) is 0 Å². The predicted octanol–water partition coefficient (Wildman–Crippen LogP) is 7.56. The van der Waals surface area contributed by atoms with Crippen LogP contribution in [0.1, 0.15) is 123 Å². The first kappa shape index (κ1) is 67.3. The van der Waals surface area contributed by atoms with Crippen LogP contribution in [0.15, 0.2) is 109 Å². The predicted molar refractivity (Wildman–Crippen MR) is 330 cm³/mol. The Morgan fingerprint density at radius 2 is 1.36 bits per heavy atom. The van der Waals surface area contributed by atoms with Gasteiger partial charge in [0, 0.05) is 71.5 Å². The number of carbonyl (C=O) groups excluding carboxylic acids is 7. The molecule has 0 saturated carbocycles. The first-order valence-corrected chi connectivity index (χ1v) is 28.8. The normalized spacial score (nSPS) is 14.1. The van der Waals surface area contributed by atoms with E-state index in [1.165, 1.54) is 0 Å². The number of carboxylic acids is 1. The summed E-state index contributed by atoms with van der Waals surface area (Å²) in [5, 5.41) is 29.6. The van der Waals surface area contributed by atoms with Crippen molar-refractivity contribution in [2.24, 2.45) is 23.0 Å². The molecule has 5 atom stereocenters. The Morgan fingerprint density at radius 3 is 1.98 bits per heavy atom. The van der Waals surface area contributed by atoms with Crippen molar-refractivity contribution in [1.82, 2.24) is 31.5 Å². The molecule has 8 amide bonds. The third kappa shape index (κ3) is 19.8. The van der Waals surface area contributed by atoms with Gasteiger partial charge in [0.15, 0.2) is 0 Å². The first-order valence-electron chi connectivity index (χ1n) is 28.8. The molecule has 456 valence electrons. The van der Waals surface area contributed by atoms with E-state index >= 15 is 0 Å². The number of hydrogen-bond acceptors (Lipinski definition) is 11.